The molecule has 0 aromatic heterocycles. The highest BCUT2D eigenvalue weighted by atomic mass is 19.1. The lowest BCUT2D eigenvalue weighted by Crippen LogP contribution is -2.30. The van der Waals surface area contributed by atoms with Crippen LogP contribution in [0.1, 0.15) is 12.5 Å². The Kier molecular flexibility index (Phi) is 5.47. The van der Waals surface area contributed by atoms with E-state index in [9.17, 15) is 18.4 Å². The molecule has 0 radical (unpaired) electrons. The number of hydrogen-bond acceptors (Lipinski definition) is 4. The molecule has 0 unspecified atom stereocenters. The lowest BCUT2D eigenvalue weighted by molar-refractivity contribution is -0.152. The largest absolute Gasteiger partial charge is 0.508 e. The van der Waals surface area contributed by atoms with E-state index in [1.165, 1.54) is 19.1 Å². The summed E-state index contributed by atoms with van der Waals surface area (Å²) in [4.78, 5) is 23.7. The van der Waals surface area contributed by atoms with Gasteiger partial charge in [-0.1, -0.05) is 12.1 Å². The summed E-state index contributed by atoms with van der Waals surface area (Å²) in [5.74, 6) is -2.88. The van der Waals surface area contributed by atoms with Crippen molar-refractivity contribution in [2.75, 3.05) is 5.32 Å². The first-order valence-corrected chi connectivity index (χ1v) is 7.08. The highest BCUT2D eigenvalue weighted by molar-refractivity contribution is 5.95. The molecule has 0 bridgehead atoms. The lowest BCUT2D eigenvalue weighted by Gasteiger charge is -2.14. The molecule has 1 atom stereocenters. The zero-order chi connectivity index (χ0) is 17.7. The van der Waals surface area contributed by atoms with Crippen molar-refractivity contribution in [2.45, 2.75) is 19.4 Å². The van der Waals surface area contributed by atoms with E-state index < -0.39 is 29.6 Å². The van der Waals surface area contributed by atoms with E-state index in [-0.39, 0.29) is 17.9 Å². The van der Waals surface area contributed by atoms with Gasteiger partial charge in [-0.25, -0.2) is 8.78 Å². The number of amides is 1. The Labute approximate surface area is 136 Å². The molecule has 2 rings (SSSR count). The zero-order valence-corrected chi connectivity index (χ0v) is 12.8. The van der Waals surface area contributed by atoms with Crippen LogP contribution in [0.25, 0.3) is 0 Å². The summed E-state index contributed by atoms with van der Waals surface area (Å²) < 4.78 is 31.5. The number of anilines is 1. The van der Waals surface area contributed by atoms with Gasteiger partial charge in [-0.05, 0) is 36.8 Å². The molecule has 0 fully saturated rings. The molecule has 0 heterocycles. The summed E-state index contributed by atoms with van der Waals surface area (Å²) in [6.45, 7) is 1.32. The third kappa shape index (κ3) is 4.77. The molecule has 126 valence electrons. The number of nitrogens with one attached hydrogen (secondary N) is 1. The van der Waals surface area contributed by atoms with E-state index in [1.54, 1.807) is 12.1 Å². The van der Waals surface area contributed by atoms with Crippen LogP contribution in [-0.2, 0) is 20.7 Å². The number of benzene rings is 2. The molecule has 2 aromatic carbocycles. The maximum absolute atomic E-state index is 13.5. The van der Waals surface area contributed by atoms with Crippen LogP contribution < -0.4 is 5.32 Å². The van der Waals surface area contributed by atoms with Gasteiger partial charge in [0.05, 0.1) is 12.1 Å². The van der Waals surface area contributed by atoms with Crippen molar-refractivity contribution in [3.05, 3.63) is 59.7 Å². The molecular formula is C17H15F2NO4. The third-order valence-electron chi connectivity index (χ3n) is 3.15. The highest BCUT2D eigenvalue weighted by Gasteiger charge is 2.19. The molecule has 0 aliphatic heterocycles. The molecule has 7 heteroatoms. The van der Waals surface area contributed by atoms with Crippen LogP contribution in [0.15, 0.2) is 42.5 Å². The topological polar surface area (TPSA) is 75.6 Å². The normalized spacial score (nSPS) is 11.6. The minimum Gasteiger partial charge on any atom is -0.508 e. The van der Waals surface area contributed by atoms with Crippen molar-refractivity contribution in [3.8, 4) is 5.75 Å². The van der Waals surface area contributed by atoms with Gasteiger partial charge in [0, 0.05) is 6.07 Å². The van der Waals surface area contributed by atoms with Gasteiger partial charge in [-0.2, -0.15) is 0 Å². The summed E-state index contributed by atoms with van der Waals surface area (Å²) in [6.07, 6.45) is -1.27. The van der Waals surface area contributed by atoms with Crippen LogP contribution in [0.2, 0.25) is 0 Å². The quantitative estimate of drug-likeness (QED) is 0.824. The summed E-state index contributed by atoms with van der Waals surface area (Å²) in [5.41, 5.74) is 0.267. The Morgan fingerprint density at radius 3 is 2.50 bits per heavy atom. The van der Waals surface area contributed by atoms with Crippen molar-refractivity contribution in [1.29, 1.82) is 0 Å². The number of hydrogen-bond donors (Lipinski definition) is 2. The molecule has 1 amide bonds. The number of phenols is 1. The average Bonchev–Trinajstić information content (AvgIpc) is 2.53. The molecule has 0 aliphatic rings. The van der Waals surface area contributed by atoms with Crippen molar-refractivity contribution >= 4 is 17.6 Å². The van der Waals surface area contributed by atoms with Gasteiger partial charge >= 0.3 is 5.97 Å². The summed E-state index contributed by atoms with van der Waals surface area (Å²) in [5, 5.41) is 11.3. The SMILES string of the molecule is C[C@H](OC(=O)Cc1ccc(O)cc1)C(=O)Nc1cc(F)ccc1F. The zero-order valence-electron chi connectivity index (χ0n) is 12.8. The molecule has 5 nitrogen and oxygen atoms in total. The Bertz CT molecular complexity index is 747. The van der Waals surface area contributed by atoms with Crippen LogP contribution in [0, 0.1) is 11.6 Å². The molecule has 0 aliphatic carbocycles. The summed E-state index contributed by atoms with van der Waals surface area (Å²) in [6, 6.07) is 8.57. The Hall–Kier alpha value is -2.96. The number of halogens is 2. The second kappa shape index (κ2) is 7.54. The Morgan fingerprint density at radius 1 is 1.17 bits per heavy atom. The maximum Gasteiger partial charge on any atom is 0.311 e. The number of carbonyl (C=O) groups is 2. The first-order chi connectivity index (χ1) is 11.3. The summed E-state index contributed by atoms with van der Waals surface area (Å²) in [7, 11) is 0. The lowest BCUT2D eigenvalue weighted by atomic mass is 10.1. The maximum atomic E-state index is 13.5. The van der Waals surface area contributed by atoms with E-state index in [4.69, 9.17) is 9.84 Å². The van der Waals surface area contributed by atoms with E-state index >= 15 is 0 Å². The van der Waals surface area contributed by atoms with E-state index in [1.807, 2.05) is 0 Å². The van der Waals surface area contributed by atoms with Crippen LogP contribution in [-0.4, -0.2) is 23.1 Å². The molecule has 0 saturated heterocycles. The smallest absolute Gasteiger partial charge is 0.311 e. The van der Waals surface area contributed by atoms with Gasteiger partial charge in [0.25, 0.3) is 5.91 Å². The fraction of sp³-hybridized carbons (Fsp3) is 0.176. The average molecular weight is 335 g/mol. The molecule has 24 heavy (non-hydrogen) atoms. The fourth-order valence-electron chi connectivity index (χ4n) is 1.90. The van der Waals surface area contributed by atoms with Gasteiger partial charge in [-0.15, -0.1) is 0 Å². The number of aromatic hydroxyl groups is 1. The minimum atomic E-state index is -1.18. The Balaban J connectivity index is 1.92. The van der Waals surface area contributed by atoms with E-state index in [2.05, 4.69) is 5.32 Å². The van der Waals surface area contributed by atoms with Crippen molar-refractivity contribution in [1.82, 2.24) is 0 Å². The van der Waals surface area contributed by atoms with Crippen LogP contribution >= 0.6 is 0 Å². The third-order valence-corrected chi connectivity index (χ3v) is 3.15. The number of carbonyl (C=O) groups excluding carboxylic acids is 2. The van der Waals surface area contributed by atoms with Gasteiger partial charge in [0.2, 0.25) is 0 Å². The second-order valence-corrected chi connectivity index (χ2v) is 5.09. The first kappa shape index (κ1) is 17.4. The highest BCUT2D eigenvalue weighted by Crippen LogP contribution is 2.16. The van der Waals surface area contributed by atoms with Gasteiger partial charge in [-0.3, -0.25) is 9.59 Å². The molecule has 0 saturated carbocycles. The standard InChI is InChI=1S/C17H15F2NO4/c1-10(17(23)20-15-9-12(18)4-7-14(15)19)24-16(22)8-11-2-5-13(21)6-3-11/h2-7,9-10,21H,8H2,1H3,(H,20,23)/t10-/m0/s1. The predicted molar refractivity (Wildman–Crippen MR) is 82.4 cm³/mol. The Morgan fingerprint density at radius 2 is 1.83 bits per heavy atom. The van der Waals surface area contributed by atoms with E-state index in [0.717, 1.165) is 18.2 Å². The van der Waals surface area contributed by atoms with Gasteiger partial charge < -0.3 is 15.2 Å². The van der Waals surface area contributed by atoms with E-state index in [0.29, 0.717) is 5.56 Å². The van der Waals surface area contributed by atoms with Crippen LogP contribution in [0.5, 0.6) is 5.75 Å². The van der Waals surface area contributed by atoms with Gasteiger partial charge in [0.15, 0.2) is 6.10 Å². The number of ether oxygens (including phenoxy) is 1. The molecule has 0 spiro atoms. The number of esters is 1. The van der Waals surface area contributed by atoms with Crippen LogP contribution in [0.4, 0.5) is 14.5 Å². The minimum absolute atomic E-state index is 0.0667. The number of rotatable bonds is 5. The van der Waals surface area contributed by atoms with Crippen molar-refractivity contribution in [3.63, 3.8) is 0 Å². The van der Waals surface area contributed by atoms with Crippen molar-refractivity contribution < 1.29 is 28.2 Å². The molecule has 2 aromatic rings. The van der Waals surface area contributed by atoms with Gasteiger partial charge in [0.1, 0.15) is 17.4 Å². The number of phenolic OH excluding ortho intramolecular Hbond substituents is 1. The fourth-order valence-corrected chi connectivity index (χ4v) is 1.90. The molecular weight excluding hydrogens is 320 g/mol. The second-order valence-electron chi connectivity index (χ2n) is 5.09. The van der Waals surface area contributed by atoms with Crippen molar-refractivity contribution in [2.24, 2.45) is 0 Å². The molecule has 2 N–H and O–H groups in total. The predicted octanol–water partition coefficient (Wildman–Crippen LogP) is 2.78. The monoisotopic (exact) mass is 335 g/mol. The summed E-state index contributed by atoms with van der Waals surface area (Å²) >= 11 is 0. The van der Waals surface area contributed by atoms with Crippen LogP contribution in [0.3, 0.4) is 0 Å². The first-order valence-electron chi connectivity index (χ1n) is 7.08.